The number of ether oxygens (including phenoxy) is 1. The monoisotopic (exact) mass is 242 g/mol. The van der Waals surface area contributed by atoms with Gasteiger partial charge >= 0.3 is 0 Å². The summed E-state index contributed by atoms with van der Waals surface area (Å²) in [5.41, 5.74) is 3.07. The Morgan fingerprint density at radius 2 is 2.31 bits per heavy atom. The maximum atomic E-state index is 5.30. The molecule has 0 amide bonds. The zero-order valence-electron chi connectivity index (χ0n) is 10.5. The number of hydrogen-bond acceptors (Lipinski definition) is 4. The summed E-state index contributed by atoms with van der Waals surface area (Å²) >= 11 is 1.73. The quantitative estimate of drug-likeness (QED) is 0.712. The molecule has 0 aliphatic heterocycles. The van der Waals surface area contributed by atoms with E-state index in [2.05, 4.69) is 24.1 Å². The number of thiazole rings is 1. The van der Waals surface area contributed by atoms with Gasteiger partial charge in [0.05, 0.1) is 11.2 Å². The van der Waals surface area contributed by atoms with Crippen LogP contribution < -0.4 is 5.32 Å². The fourth-order valence-corrected chi connectivity index (χ4v) is 2.45. The number of hydrogen-bond donors (Lipinski definition) is 1. The lowest BCUT2D eigenvalue weighted by Crippen LogP contribution is -2.20. The van der Waals surface area contributed by atoms with E-state index < -0.39 is 0 Å². The molecule has 0 radical (unpaired) electrons. The standard InChI is InChI=1S/C12H22N2OS/c1-4-15-8-6-5-7-13-10(2)12-11(3)14-9-16-12/h9-10,13H,4-8H2,1-3H3. The molecule has 4 heteroatoms. The predicted molar refractivity (Wildman–Crippen MR) is 69.0 cm³/mol. The Bertz CT molecular complexity index is 288. The molecule has 0 aromatic carbocycles. The van der Waals surface area contributed by atoms with Gasteiger partial charge < -0.3 is 10.1 Å². The molecule has 3 nitrogen and oxygen atoms in total. The Labute approximate surface area is 102 Å². The van der Waals surface area contributed by atoms with Crippen LogP contribution in [0.3, 0.4) is 0 Å². The van der Waals surface area contributed by atoms with Crippen molar-refractivity contribution < 1.29 is 4.74 Å². The van der Waals surface area contributed by atoms with Gasteiger partial charge in [-0.25, -0.2) is 4.98 Å². The van der Waals surface area contributed by atoms with E-state index in [1.807, 2.05) is 12.4 Å². The van der Waals surface area contributed by atoms with Gasteiger partial charge in [0.25, 0.3) is 0 Å². The number of rotatable bonds is 8. The Balaban J connectivity index is 2.11. The maximum Gasteiger partial charge on any atom is 0.0798 e. The van der Waals surface area contributed by atoms with Gasteiger partial charge in [0.15, 0.2) is 0 Å². The smallest absolute Gasteiger partial charge is 0.0798 e. The molecule has 1 aromatic rings. The van der Waals surface area contributed by atoms with Crippen molar-refractivity contribution in [1.82, 2.24) is 10.3 Å². The van der Waals surface area contributed by atoms with Gasteiger partial charge in [-0.15, -0.1) is 11.3 Å². The first-order chi connectivity index (χ1) is 7.75. The van der Waals surface area contributed by atoms with E-state index in [0.29, 0.717) is 6.04 Å². The zero-order valence-corrected chi connectivity index (χ0v) is 11.3. The third-order valence-corrected chi connectivity index (χ3v) is 3.66. The molecule has 0 saturated carbocycles. The Morgan fingerprint density at radius 3 is 2.94 bits per heavy atom. The first-order valence-electron chi connectivity index (χ1n) is 5.96. The van der Waals surface area contributed by atoms with Crippen LogP contribution in [-0.4, -0.2) is 24.7 Å². The van der Waals surface area contributed by atoms with Crippen LogP contribution in [0.1, 0.15) is 43.3 Å². The highest BCUT2D eigenvalue weighted by Crippen LogP contribution is 2.20. The van der Waals surface area contributed by atoms with E-state index in [1.54, 1.807) is 11.3 Å². The van der Waals surface area contributed by atoms with Crippen molar-refractivity contribution >= 4 is 11.3 Å². The molecule has 1 atom stereocenters. The fourth-order valence-electron chi connectivity index (χ4n) is 1.61. The van der Waals surface area contributed by atoms with Crippen molar-refractivity contribution in [3.63, 3.8) is 0 Å². The van der Waals surface area contributed by atoms with Crippen LogP contribution in [0.25, 0.3) is 0 Å². The molecule has 92 valence electrons. The summed E-state index contributed by atoms with van der Waals surface area (Å²) in [4.78, 5) is 5.62. The molecule has 1 heterocycles. The summed E-state index contributed by atoms with van der Waals surface area (Å²) < 4.78 is 5.30. The molecular formula is C12H22N2OS. The normalized spacial score (nSPS) is 12.9. The zero-order chi connectivity index (χ0) is 11.8. The second-order valence-electron chi connectivity index (χ2n) is 3.88. The molecule has 0 fully saturated rings. The maximum absolute atomic E-state index is 5.30. The first-order valence-corrected chi connectivity index (χ1v) is 6.84. The summed E-state index contributed by atoms with van der Waals surface area (Å²) in [5.74, 6) is 0. The molecule has 0 aliphatic rings. The van der Waals surface area contributed by atoms with Crippen molar-refractivity contribution in [1.29, 1.82) is 0 Å². The van der Waals surface area contributed by atoms with Crippen molar-refractivity contribution in [2.45, 2.75) is 39.7 Å². The van der Waals surface area contributed by atoms with E-state index in [4.69, 9.17) is 4.74 Å². The lowest BCUT2D eigenvalue weighted by Gasteiger charge is -2.12. The van der Waals surface area contributed by atoms with Crippen LogP contribution in [0.5, 0.6) is 0 Å². The summed E-state index contributed by atoms with van der Waals surface area (Å²) in [6, 6.07) is 0.416. The van der Waals surface area contributed by atoms with Crippen LogP contribution in [0.2, 0.25) is 0 Å². The number of nitrogens with zero attached hydrogens (tertiary/aromatic N) is 1. The average molecular weight is 242 g/mol. The topological polar surface area (TPSA) is 34.1 Å². The van der Waals surface area contributed by atoms with Crippen LogP contribution >= 0.6 is 11.3 Å². The van der Waals surface area contributed by atoms with Gasteiger partial charge in [-0.3, -0.25) is 0 Å². The van der Waals surface area contributed by atoms with Gasteiger partial charge in [0.1, 0.15) is 0 Å². The minimum atomic E-state index is 0.416. The van der Waals surface area contributed by atoms with E-state index in [0.717, 1.165) is 31.9 Å². The predicted octanol–water partition coefficient (Wildman–Crippen LogP) is 2.92. The van der Waals surface area contributed by atoms with Gasteiger partial charge in [-0.05, 0) is 40.2 Å². The summed E-state index contributed by atoms with van der Waals surface area (Å²) in [7, 11) is 0. The highest BCUT2D eigenvalue weighted by Gasteiger charge is 2.09. The average Bonchev–Trinajstić information content (AvgIpc) is 2.69. The molecule has 0 bridgehead atoms. The summed E-state index contributed by atoms with van der Waals surface area (Å²) in [6.07, 6.45) is 2.30. The number of aromatic nitrogens is 1. The van der Waals surface area contributed by atoms with E-state index in [1.165, 1.54) is 11.3 Å². The van der Waals surface area contributed by atoms with E-state index >= 15 is 0 Å². The van der Waals surface area contributed by atoms with E-state index in [-0.39, 0.29) is 0 Å². The molecule has 0 aliphatic carbocycles. The lowest BCUT2D eigenvalue weighted by atomic mass is 10.2. The molecule has 1 aromatic heterocycles. The van der Waals surface area contributed by atoms with Gasteiger partial charge in [-0.1, -0.05) is 0 Å². The molecule has 0 saturated heterocycles. The molecule has 16 heavy (non-hydrogen) atoms. The molecule has 1 unspecified atom stereocenters. The van der Waals surface area contributed by atoms with Crippen LogP contribution in [-0.2, 0) is 4.74 Å². The van der Waals surface area contributed by atoms with Crippen LogP contribution in [0.15, 0.2) is 5.51 Å². The SMILES string of the molecule is CCOCCCCNC(C)c1scnc1C. The van der Waals surface area contributed by atoms with Crippen molar-refractivity contribution in [2.24, 2.45) is 0 Å². The fraction of sp³-hybridized carbons (Fsp3) is 0.750. The highest BCUT2D eigenvalue weighted by molar-refractivity contribution is 7.09. The first kappa shape index (κ1) is 13.6. The summed E-state index contributed by atoms with van der Waals surface area (Å²) in [5, 5.41) is 3.52. The minimum Gasteiger partial charge on any atom is -0.382 e. The third kappa shape index (κ3) is 4.60. The molecule has 0 spiro atoms. The Morgan fingerprint density at radius 1 is 1.50 bits per heavy atom. The largest absolute Gasteiger partial charge is 0.382 e. The van der Waals surface area contributed by atoms with Crippen molar-refractivity contribution in [3.8, 4) is 0 Å². The molecular weight excluding hydrogens is 220 g/mol. The van der Waals surface area contributed by atoms with Gasteiger partial charge in [0.2, 0.25) is 0 Å². The Hall–Kier alpha value is -0.450. The van der Waals surface area contributed by atoms with Gasteiger partial charge in [-0.2, -0.15) is 0 Å². The second kappa shape index (κ2) is 7.76. The third-order valence-electron chi connectivity index (χ3n) is 2.55. The van der Waals surface area contributed by atoms with Crippen LogP contribution in [0, 0.1) is 6.92 Å². The summed E-state index contributed by atoms with van der Waals surface area (Å²) in [6.45, 7) is 9.05. The number of aryl methyl sites for hydroxylation is 1. The van der Waals surface area contributed by atoms with Crippen molar-refractivity contribution in [2.75, 3.05) is 19.8 Å². The minimum absolute atomic E-state index is 0.416. The van der Waals surface area contributed by atoms with E-state index in [9.17, 15) is 0 Å². The number of unbranched alkanes of at least 4 members (excludes halogenated alkanes) is 1. The van der Waals surface area contributed by atoms with Crippen LogP contribution in [0.4, 0.5) is 0 Å². The Kier molecular flexibility index (Phi) is 6.61. The molecule has 1 rings (SSSR count). The van der Waals surface area contributed by atoms with Crippen molar-refractivity contribution in [3.05, 3.63) is 16.1 Å². The number of nitrogens with one attached hydrogen (secondary N) is 1. The highest BCUT2D eigenvalue weighted by atomic mass is 32.1. The molecule has 1 N–H and O–H groups in total. The lowest BCUT2D eigenvalue weighted by molar-refractivity contribution is 0.143. The van der Waals surface area contributed by atoms with Gasteiger partial charge in [0, 0.05) is 24.1 Å². The second-order valence-corrected chi connectivity index (χ2v) is 4.77.